The Morgan fingerprint density at radius 2 is 1.72 bits per heavy atom. The lowest BCUT2D eigenvalue weighted by atomic mass is 9.87. The first-order valence-corrected chi connectivity index (χ1v) is 11.6. The van der Waals surface area contributed by atoms with Gasteiger partial charge in [0.1, 0.15) is 23.9 Å². The van der Waals surface area contributed by atoms with Crippen molar-refractivity contribution in [1.29, 1.82) is 0 Å². The molecule has 1 saturated carbocycles. The summed E-state index contributed by atoms with van der Waals surface area (Å²) in [6.45, 7) is 1.33. The van der Waals surface area contributed by atoms with E-state index in [0.29, 0.717) is 11.3 Å². The highest BCUT2D eigenvalue weighted by Crippen LogP contribution is 2.39. The minimum atomic E-state index is -0.979. The molecule has 1 aliphatic rings. The first kappa shape index (κ1) is 23.9. The molecular weight excluding hydrogens is 468 g/mol. The van der Waals surface area contributed by atoms with Crippen LogP contribution < -0.4 is 10.1 Å². The molecule has 186 valence electrons. The molecule has 5 rings (SSSR count). The minimum absolute atomic E-state index is 0.155. The lowest BCUT2D eigenvalue weighted by molar-refractivity contribution is 0.0438. The molecule has 3 N–H and O–H groups in total. The highest BCUT2D eigenvalue weighted by molar-refractivity contribution is 5.95. The van der Waals surface area contributed by atoms with Crippen LogP contribution in [0.25, 0.3) is 5.65 Å². The molecule has 7 nitrogen and oxygen atoms in total. The molecule has 0 spiro atoms. The topological polar surface area (TPSA) is 96.1 Å². The van der Waals surface area contributed by atoms with Crippen molar-refractivity contribution in [3.05, 3.63) is 101 Å². The second-order valence-electron chi connectivity index (χ2n) is 9.05. The number of hydrogen-bond acceptors (Lipinski definition) is 5. The molecule has 4 aromatic rings. The number of carbonyl (C=O) groups excluding carboxylic acids is 1. The van der Waals surface area contributed by atoms with Gasteiger partial charge in [0.15, 0.2) is 11.4 Å². The number of pyridine rings is 1. The van der Waals surface area contributed by atoms with Crippen LogP contribution in [0.5, 0.6) is 5.75 Å². The predicted molar refractivity (Wildman–Crippen MR) is 127 cm³/mol. The Morgan fingerprint density at radius 3 is 2.39 bits per heavy atom. The predicted octanol–water partition coefficient (Wildman–Crippen LogP) is 3.64. The van der Waals surface area contributed by atoms with Crippen LogP contribution in [0.3, 0.4) is 0 Å². The number of rotatable bonds is 6. The number of ether oxygens (including phenoxy) is 1. The number of nitrogens with zero attached hydrogens (tertiary/aromatic N) is 2. The van der Waals surface area contributed by atoms with Crippen molar-refractivity contribution < 1.29 is 28.5 Å². The lowest BCUT2D eigenvalue weighted by Crippen LogP contribution is -2.45. The Kier molecular flexibility index (Phi) is 6.19. The van der Waals surface area contributed by atoms with Crippen molar-refractivity contribution in [2.45, 2.75) is 44.1 Å². The van der Waals surface area contributed by atoms with Gasteiger partial charge in [-0.2, -0.15) is 0 Å². The zero-order chi connectivity index (χ0) is 25.4. The van der Waals surface area contributed by atoms with E-state index in [2.05, 4.69) is 10.3 Å². The summed E-state index contributed by atoms with van der Waals surface area (Å²) in [5.41, 5.74) is 0.587. The highest BCUT2D eigenvalue weighted by Gasteiger charge is 2.46. The van der Waals surface area contributed by atoms with Crippen molar-refractivity contribution in [2.24, 2.45) is 0 Å². The number of fused-ring (bicyclic) bond motifs is 1. The lowest BCUT2D eigenvalue weighted by Gasteiger charge is -2.31. The molecular formula is C27H25F2N3O4. The van der Waals surface area contributed by atoms with Crippen molar-refractivity contribution in [3.8, 4) is 5.75 Å². The zero-order valence-corrected chi connectivity index (χ0v) is 19.5. The number of aliphatic hydroxyl groups excluding tert-OH is 2. The summed E-state index contributed by atoms with van der Waals surface area (Å²) in [4.78, 5) is 18.1. The summed E-state index contributed by atoms with van der Waals surface area (Å²) in [5.74, 6) is -1.61. The molecule has 2 aromatic carbocycles. The van der Waals surface area contributed by atoms with Crippen LogP contribution in [0.2, 0.25) is 0 Å². The third-order valence-corrected chi connectivity index (χ3v) is 6.68. The van der Waals surface area contributed by atoms with Gasteiger partial charge >= 0.3 is 0 Å². The molecule has 2 aromatic heterocycles. The van der Waals surface area contributed by atoms with Crippen molar-refractivity contribution in [2.75, 3.05) is 0 Å². The Morgan fingerprint density at radius 1 is 1.06 bits per heavy atom. The third kappa shape index (κ3) is 4.20. The summed E-state index contributed by atoms with van der Waals surface area (Å²) in [6, 6.07) is 16.1. The molecule has 0 saturated heterocycles. The summed E-state index contributed by atoms with van der Waals surface area (Å²) in [6.07, 6.45) is -0.00100. The van der Waals surface area contributed by atoms with Crippen LogP contribution in [-0.4, -0.2) is 37.7 Å². The van der Waals surface area contributed by atoms with Crippen molar-refractivity contribution in [1.82, 2.24) is 14.7 Å². The fraction of sp³-hybridized carbons (Fsp3) is 0.259. The summed E-state index contributed by atoms with van der Waals surface area (Å²) < 4.78 is 35.3. The van der Waals surface area contributed by atoms with E-state index in [0.717, 1.165) is 17.7 Å². The van der Waals surface area contributed by atoms with Gasteiger partial charge < -0.3 is 20.3 Å². The largest absolute Gasteiger partial charge is 0.485 e. The molecule has 0 bridgehead atoms. The summed E-state index contributed by atoms with van der Waals surface area (Å²) in [7, 11) is 0. The van der Waals surface area contributed by atoms with E-state index in [9.17, 15) is 23.8 Å². The quantitative estimate of drug-likeness (QED) is 0.381. The highest BCUT2D eigenvalue weighted by atomic mass is 19.1. The van der Waals surface area contributed by atoms with Gasteiger partial charge in [0.05, 0.1) is 29.0 Å². The van der Waals surface area contributed by atoms with Gasteiger partial charge in [-0.25, -0.2) is 13.8 Å². The number of amides is 1. The molecule has 0 aliphatic heterocycles. The molecule has 9 heteroatoms. The van der Waals surface area contributed by atoms with E-state index in [1.165, 1.54) is 6.07 Å². The number of halogens is 2. The van der Waals surface area contributed by atoms with Gasteiger partial charge in [-0.1, -0.05) is 36.4 Å². The number of imidazole rings is 1. The van der Waals surface area contributed by atoms with E-state index in [4.69, 9.17) is 4.74 Å². The normalized spacial score (nSPS) is 21.6. The number of aromatic nitrogens is 2. The van der Waals surface area contributed by atoms with Crippen molar-refractivity contribution in [3.63, 3.8) is 0 Å². The Hall–Kier alpha value is -3.82. The third-order valence-electron chi connectivity index (χ3n) is 6.68. The number of nitrogens with one attached hydrogen (secondary N) is 1. The number of aryl methyl sites for hydroxylation is 1. The van der Waals surface area contributed by atoms with Gasteiger partial charge in [0, 0.05) is 19.0 Å². The Bertz CT molecular complexity index is 1390. The van der Waals surface area contributed by atoms with Crippen LogP contribution in [0, 0.1) is 18.6 Å². The SMILES string of the molecule is Cc1nc2c(OCc3c(F)cccc3F)cccn2c1C(=O)N[C@@]1(c2ccccc2)C[C@@H](O)[C@@H](O)C1. The van der Waals surface area contributed by atoms with Gasteiger partial charge in [-0.15, -0.1) is 0 Å². The zero-order valence-electron chi connectivity index (χ0n) is 19.5. The monoisotopic (exact) mass is 493 g/mol. The van der Waals surface area contributed by atoms with Crippen LogP contribution in [-0.2, 0) is 12.1 Å². The number of benzene rings is 2. The summed E-state index contributed by atoms with van der Waals surface area (Å²) in [5, 5.41) is 23.6. The summed E-state index contributed by atoms with van der Waals surface area (Å²) >= 11 is 0. The van der Waals surface area contributed by atoms with Crippen LogP contribution >= 0.6 is 0 Å². The van der Waals surface area contributed by atoms with Crippen molar-refractivity contribution >= 4 is 11.6 Å². The first-order chi connectivity index (χ1) is 17.3. The second-order valence-corrected chi connectivity index (χ2v) is 9.05. The standard InChI is InChI=1S/C27H25F2N3O4/c1-16-24(26(35)31-27(13-21(33)22(34)14-27)17-7-3-2-4-8-17)32-12-6-11-23(25(32)30-16)36-15-18-19(28)9-5-10-20(18)29/h2-12,21-22,33-34H,13-15H2,1H3,(H,31,35)/t21-,22+,27+. The molecule has 1 amide bonds. The molecule has 36 heavy (non-hydrogen) atoms. The van der Waals surface area contributed by atoms with Crippen LogP contribution in [0.1, 0.15) is 40.2 Å². The molecule has 3 atom stereocenters. The molecule has 0 radical (unpaired) electrons. The van der Waals surface area contributed by atoms with E-state index in [1.54, 1.807) is 29.7 Å². The Balaban J connectivity index is 1.47. The van der Waals surface area contributed by atoms with Gasteiger partial charge in [-0.05, 0) is 36.8 Å². The first-order valence-electron chi connectivity index (χ1n) is 11.6. The maximum absolute atomic E-state index is 14.0. The Labute approximate surface area is 206 Å². The molecule has 0 unspecified atom stereocenters. The van der Waals surface area contributed by atoms with E-state index < -0.39 is 35.3 Å². The molecule has 1 aliphatic carbocycles. The van der Waals surface area contributed by atoms with E-state index in [1.807, 2.05) is 30.3 Å². The smallest absolute Gasteiger partial charge is 0.270 e. The van der Waals surface area contributed by atoms with Gasteiger partial charge in [-0.3, -0.25) is 9.20 Å². The molecule has 2 heterocycles. The average molecular weight is 494 g/mol. The average Bonchev–Trinajstić information content (AvgIpc) is 3.35. The molecule has 1 fully saturated rings. The van der Waals surface area contributed by atoms with Crippen LogP contribution in [0.15, 0.2) is 66.9 Å². The van der Waals surface area contributed by atoms with Gasteiger partial charge in [0.25, 0.3) is 5.91 Å². The number of hydrogen-bond donors (Lipinski definition) is 3. The van der Waals surface area contributed by atoms with E-state index in [-0.39, 0.29) is 36.5 Å². The minimum Gasteiger partial charge on any atom is -0.485 e. The van der Waals surface area contributed by atoms with E-state index >= 15 is 0 Å². The number of aliphatic hydroxyl groups is 2. The van der Waals surface area contributed by atoms with Gasteiger partial charge in [0.2, 0.25) is 0 Å². The van der Waals surface area contributed by atoms with Crippen LogP contribution in [0.4, 0.5) is 8.78 Å². The number of carbonyl (C=O) groups is 1. The maximum Gasteiger partial charge on any atom is 0.270 e. The maximum atomic E-state index is 14.0. The fourth-order valence-electron chi connectivity index (χ4n) is 4.88. The second kappa shape index (κ2) is 9.33. The fourth-order valence-corrected chi connectivity index (χ4v) is 4.88.